The predicted molar refractivity (Wildman–Crippen MR) is 111 cm³/mol. The Labute approximate surface area is 164 Å². The van der Waals surface area contributed by atoms with Crippen LogP contribution in [-0.4, -0.2) is 20.9 Å². The molecule has 0 aliphatic rings. The molecule has 0 amide bonds. The Morgan fingerprint density at radius 2 is 1.64 bits per heavy atom. The molecule has 28 heavy (non-hydrogen) atoms. The van der Waals surface area contributed by atoms with Gasteiger partial charge < -0.3 is 10.1 Å². The van der Waals surface area contributed by atoms with Gasteiger partial charge in [0.15, 0.2) is 5.82 Å². The number of aromatic amines is 1. The van der Waals surface area contributed by atoms with Crippen LogP contribution >= 0.6 is 0 Å². The first-order chi connectivity index (χ1) is 12.9. The highest BCUT2D eigenvalue weighted by Gasteiger charge is 2.28. The molecule has 0 unspecified atom stereocenters. The summed E-state index contributed by atoms with van der Waals surface area (Å²) in [6.07, 6.45) is 0. The monoisotopic (exact) mass is 378 g/mol. The van der Waals surface area contributed by atoms with Gasteiger partial charge in [0.05, 0.1) is 16.5 Å². The summed E-state index contributed by atoms with van der Waals surface area (Å²) in [5.41, 5.74) is 1.26. The second-order valence-electron chi connectivity index (χ2n) is 9.18. The molecule has 5 nitrogen and oxygen atoms in total. The number of phenolic OH excluding ortho intramolecular Hbond substituents is 1. The van der Waals surface area contributed by atoms with Crippen molar-refractivity contribution in [2.75, 3.05) is 0 Å². The molecule has 2 N–H and O–H groups in total. The molecule has 2 aromatic carbocycles. The topological polar surface area (TPSA) is 83.0 Å². The molecule has 3 rings (SSSR count). The minimum Gasteiger partial charge on any atom is -0.507 e. The van der Waals surface area contributed by atoms with Crippen LogP contribution in [0, 0.1) is 0 Å². The van der Waals surface area contributed by atoms with Gasteiger partial charge in [-0.3, -0.25) is 9.59 Å². The number of nitrogens with zero attached hydrogens (tertiary/aromatic N) is 1. The van der Waals surface area contributed by atoms with Gasteiger partial charge in [-0.2, -0.15) is 0 Å². The Kier molecular flexibility index (Phi) is 4.66. The second-order valence-corrected chi connectivity index (χ2v) is 9.18. The van der Waals surface area contributed by atoms with Crippen molar-refractivity contribution in [2.45, 2.75) is 52.4 Å². The number of carbonyl (C=O) groups excluding carboxylic acids is 1. The van der Waals surface area contributed by atoms with Crippen molar-refractivity contribution >= 4 is 16.7 Å². The molecule has 0 saturated carbocycles. The van der Waals surface area contributed by atoms with E-state index in [1.54, 1.807) is 30.3 Å². The average molecular weight is 378 g/mol. The molecule has 146 valence electrons. The van der Waals surface area contributed by atoms with Crippen molar-refractivity contribution in [3.63, 3.8) is 0 Å². The third-order valence-corrected chi connectivity index (χ3v) is 4.86. The van der Waals surface area contributed by atoms with E-state index in [1.807, 2.05) is 26.8 Å². The van der Waals surface area contributed by atoms with Crippen LogP contribution in [0.15, 0.2) is 41.2 Å². The van der Waals surface area contributed by atoms with Crippen LogP contribution in [0.2, 0.25) is 0 Å². The maximum absolute atomic E-state index is 13.2. The number of para-hydroxylation sites is 1. The minimum absolute atomic E-state index is 0.0682. The van der Waals surface area contributed by atoms with E-state index in [0.29, 0.717) is 16.5 Å². The standard InChI is InChI=1S/C23H26N2O3/c1-22(2,3)13-11-15(18(26)16(12-13)23(4,5)6)19(27)20-24-17-10-8-7-9-14(17)21(28)25-20/h7-12,26H,1-6H3,(H,24,25,28). The van der Waals surface area contributed by atoms with E-state index >= 15 is 0 Å². The van der Waals surface area contributed by atoms with Crippen LogP contribution in [0.3, 0.4) is 0 Å². The fourth-order valence-electron chi connectivity index (χ4n) is 3.13. The zero-order chi connectivity index (χ0) is 20.9. The highest BCUT2D eigenvalue weighted by molar-refractivity contribution is 6.09. The van der Waals surface area contributed by atoms with Crippen LogP contribution in [0.1, 0.15) is 68.9 Å². The summed E-state index contributed by atoms with van der Waals surface area (Å²) >= 11 is 0. The minimum atomic E-state index is -0.503. The van der Waals surface area contributed by atoms with E-state index in [4.69, 9.17) is 0 Å². The molecule has 5 heteroatoms. The number of hydrogen-bond donors (Lipinski definition) is 2. The molecule has 0 spiro atoms. The third kappa shape index (κ3) is 3.57. The van der Waals surface area contributed by atoms with Crippen molar-refractivity contribution in [3.8, 4) is 5.75 Å². The molecule has 1 aromatic heterocycles. The third-order valence-electron chi connectivity index (χ3n) is 4.86. The number of H-pyrrole nitrogens is 1. The Morgan fingerprint density at radius 3 is 2.25 bits per heavy atom. The van der Waals surface area contributed by atoms with Crippen molar-refractivity contribution < 1.29 is 9.90 Å². The molecule has 0 aliphatic heterocycles. The summed E-state index contributed by atoms with van der Waals surface area (Å²) in [6, 6.07) is 10.5. The lowest BCUT2D eigenvalue weighted by atomic mass is 9.78. The van der Waals surface area contributed by atoms with E-state index in [0.717, 1.165) is 5.56 Å². The number of ketones is 1. The largest absolute Gasteiger partial charge is 0.507 e. The van der Waals surface area contributed by atoms with Crippen LogP contribution < -0.4 is 5.56 Å². The lowest BCUT2D eigenvalue weighted by Crippen LogP contribution is -2.21. The smallest absolute Gasteiger partial charge is 0.259 e. The summed E-state index contributed by atoms with van der Waals surface area (Å²) in [4.78, 5) is 32.5. The Bertz CT molecular complexity index is 1130. The highest BCUT2D eigenvalue weighted by Crippen LogP contribution is 2.38. The van der Waals surface area contributed by atoms with Crippen molar-refractivity contribution in [3.05, 3.63) is 69.3 Å². The van der Waals surface area contributed by atoms with E-state index in [-0.39, 0.29) is 33.5 Å². The van der Waals surface area contributed by atoms with Gasteiger partial charge in [0.1, 0.15) is 5.75 Å². The Hall–Kier alpha value is -2.95. The number of phenols is 1. The number of aromatic nitrogens is 2. The normalized spacial score (nSPS) is 12.4. The Balaban J connectivity index is 2.25. The second kappa shape index (κ2) is 6.59. The number of rotatable bonds is 2. The lowest BCUT2D eigenvalue weighted by Gasteiger charge is -2.27. The predicted octanol–water partition coefficient (Wildman–Crippen LogP) is 4.45. The Morgan fingerprint density at radius 1 is 1.00 bits per heavy atom. The van der Waals surface area contributed by atoms with Gasteiger partial charge in [-0.15, -0.1) is 0 Å². The van der Waals surface area contributed by atoms with Crippen LogP contribution in [0.5, 0.6) is 5.75 Å². The number of aromatic hydroxyl groups is 1. The summed E-state index contributed by atoms with van der Waals surface area (Å²) in [5, 5.41) is 11.3. The number of fused-ring (bicyclic) bond motifs is 1. The molecule has 0 radical (unpaired) electrons. The van der Waals surface area contributed by atoms with Crippen molar-refractivity contribution in [1.29, 1.82) is 0 Å². The van der Waals surface area contributed by atoms with Gasteiger partial charge in [0, 0.05) is 5.56 Å². The number of hydrogen-bond acceptors (Lipinski definition) is 4. The molecule has 0 fully saturated rings. The fourth-order valence-corrected chi connectivity index (χ4v) is 3.13. The van der Waals surface area contributed by atoms with Gasteiger partial charge in [0.2, 0.25) is 5.78 Å². The zero-order valence-corrected chi connectivity index (χ0v) is 17.2. The van der Waals surface area contributed by atoms with Gasteiger partial charge in [-0.1, -0.05) is 59.7 Å². The van der Waals surface area contributed by atoms with Gasteiger partial charge in [-0.05, 0) is 34.6 Å². The molecule has 1 heterocycles. The number of benzene rings is 2. The summed E-state index contributed by atoms with van der Waals surface area (Å²) in [6.45, 7) is 12.1. The molecule has 0 saturated heterocycles. The first kappa shape index (κ1) is 19.8. The van der Waals surface area contributed by atoms with Gasteiger partial charge in [0.25, 0.3) is 5.56 Å². The quantitative estimate of drug-likeness (QED) is 0.645. The maximum atomic E-state index is 13.2. The zero-order valence-electron chi connectivity index (χ0n) is 17.2. The van der Waals surface area contributed by atoms with E-state index in [1.165, 1.54) is 0 Å². The van der Waals surface area contributed by atoms with Crippen LogP contribution in [0.25, 0.3) is 10.9 Å². The molecular weight excluding hydrogens is 352 g/mol. The van der Waals surface area contributed by atoms with E-state index in [9.17, 15) is 14.7 Å². The van der Waals surface area contributed by atoms with Gasteiger partial charge >= 0.3 is 0 Å². The lowest BCUT2D eigenvalue weighted by molar-refractivity contribution is 0.102. The van der Waals surface area contributed by atoms with Crippen LogP contribution in [0.4, 0.5) is 0 Å². The molecule has 0 atom stereocenters. The van der Waals surface area contributed by atoms with Crippen molar-refractivity contribution in [1.82, 2.24) is 9.97 Å². The van der Waals surface area contributed by atoms with Crippen LogP contribution in [-0.2, 0) is 10.8 Å². The SMILES string of the molecule is CC(C)(C)c1cc(C(=O)c2nc3ccccc3c(=O)[nH]2)c(O)c(C(C)(C)C)c1. The fraction of sp³-hybridized carbons (Fsp3) is 0.348. The molecule has 3 aromatic rings. The molecular formula is C23H26N2O3. The van der Waals surface area contributed by atoms with Gasteiger partial charge in [-0.25, -0.2) is 4.98 Å². The van der Waals surface area contributed by atoms with Crippen molar-refractivity contribution in [2.24, 2.45) is 0 Å². The number of nitrogens with one attached hydrogen (secondary N) is 1. The maximum Gasteiger partial charge on any atom is 0.259 e. The summed E-state index contributed by atoms with van der Waals surface area (Å²) < 4.78 is 0. The first-order valence-electron chi connectivity index (χ1n) is 9.31. The average Bonchev–Trinajstić information content (AvgIpc) is 2.59. The first-order valence-corrected chi connectivity index (χ1v) is 9.31. The summed E-state index contributed by atoms with van der Waals surface area (Å²) in [7, 11) is 0. The molecule has 0 aliphatic carbocycles. The summed E-state index contributed by atoms with van der Waals surface area (Å²) in [5.74, 6) is -0.650. The number of carbonyl (C=O) groups is 1. The molecule has 0 bridgehead atoms. The van der Waals surface area contributed by atoms with E-state index in [2.05, 4.69) is 30.7 Å². The van der Waals surface area contributed by atoms with E-state index < -0.39 is 5.78 Å². The highest BCUT2D eigenvalue weighted by atomic mass is 16.3.